The van der Waals surface area contributed by atoms with Gasteiger partial charge in [0.15, 0.2) is 0 Å². The fraction of sp³-hybridized carbons (Fsp3) is 0.833. The lowest BCUT2D eigenvalue weighted by Crippen LogP contribution is -2.49. The van der Waals surface area contributed by atoms with E-state index in [1.54, 1.807) is 20.8 Å². The van der Waals surface area contributed by atoms with Gasteiger partial charge in [0.1, 0.15) is 17.7 Å². The Balaban J connectivity index is 2.64. The minimum absolute atomic E-state index is 0.00273. The molecule has 0 unspecified atom stereocenters. The molecule has 104 valence electrons. The summed E-state index contributed by atoms with van der Waals surface area (Å²) in [4.78, 5) is 24.5. The number of carbonyl (C=O) groups excluding carboxylic acids is 2. The van der Waals surface area contributed by atoms with E-state index in [0.717, 1.165) is 0 Å². The first kappa shape index (κ1) is 14.7. The normalized spacial score (nSPS) is 24.6. The maximum atomic E-state index is 13.6. The lowest BCUT2D eigenvalue weighted by molar-refractivity contribution is -0.149. The van der Waals surface area contributed by atoms with Crippen molar-refractivity contribution in [2.45, 2.75) is 39.0 Å². The molecule has 1 saturated heterocycles. The first-order valence-electron chi connectivity index (χ1n) is 5.94. The molecule has 0 saturated carbocycles. The largest absolute Gasteiger partial charge is 0.469 e. The van der Waals surface area contributed by atoms with Crippen molar-refractivity contribution in [3.63, 3.8) is 0 Å². The summed E-state index contributed by atoms with van der Waals surface area (Å²) < 4.78 is 23.3. The summed E-state index contributed by atoms with van der Waals surface area (Å²) in [5, 5.41) is 0. The van der Waals surface area contributed by atoms with Crippen molar-refractivity contribution in [2.24, 2.45) is 5.92 Å². The average molecular weight is 261 g/mol. The smallest absolute Gasteiger partial charge is 0.410 e. The molecule has 0 aromatic carbocycles. The summed E-state index contributed by atoms with van der Waals surface area (Å²) in [5.41, 5.74) is -0.607. The van der Waals surface area contributed by atoms with Crippen molar-refractivity contribution in [3.8, 4) is 0 Å². The molecule has 0 aliphatic carbocycles. The van der Waals surface area contributed by atoms with Gasteiger partial charge in [0.25, 0.3) is 0 Å². The number of likely N-dealkylation sites (tertiary alicyclic amines) is 1. The molecule has 1 heterocycles. The van der Waals surface area contributed by atoms with E-state index in [-0.39, 0.29) is 19.5 Å². The zero-order chi connectivity index (χ0) is 13.9. The second-order valence-corrected chi connectivity index (χ2v) is 5.36. The SMILES string of the molecule is COC(=O)[C@H]1CN(C(=O)OC(C)(C)C)CC[C@H]1F. The molecule has 0 aromatic heterocycles. The number of methoxy groups -OCH3 is 1. The summed E-state index contributed by atoms with van der Waals surface area (Å²) >= 11 is 0. The topological polar surface area (TPSA) is 55.8 Å². The van der Waals surface area contributed by atoms with E-state index < -0.39 is 29.8 Å². The van der Waals surface area contributed by atoms with Crippen LogP contribution >= 0.6 is 0 Å². The summed E-state index contributed by atoms with van der Waals surface area (Å²) in [5.74, 6) is -1.55. The van der Waals surface area contributed by atoms with E-state index in [2.05, 4.69) is 4.74 Å². The van der Waals surface area contributed by atoms with Gasteiger partial charge < -0.3 is 14.4 Å². The number of rotatable bonds is 1. The summed E-state index contributed by atoms with van der Waals surface area (Å²) in [6, 6.07) is 0. The highest BCUT2D eigenvalue weighted by Gasteiger charge is 2.38. The quantitative estimate of drug-likeness (QED) is 0.675. The van der Waals surface area contributed by atoms with E-state index in [4.69, 9.17) is 4.74 Å². The average Bonchev–Trinajstić information content (AvgIpc) is 2.26. The zero-order valence-corrected chi connectivity index (χ0v) is 11.2. The second-order valence-electron chi connectivity index (χ2n) is 5.36. The van der Waals surface area contributed by atoms with Crippen LogP contribution in [0.25, 0.3) is 0 Å². The lowest BCUT2D eigenvalue weighted by atomic mass is 9.96. The molecular weight excluding hydrogens is 241 g/mol. The Labute approximate surface area is 106 Å². The second kappa shape index (κ2) is 5.54. The van der Waals surface area contributed by atoms with Crippen molar-refractivity contribution < 1.29 is 23.5 Å². The highest BCUT2D eigenvalue weighted by atomic mass is 19.1. The predicted molar refractivity (Wildman–Crippen MR) is 62.8 cm³/mol. The number of nitrogens with zero attached hydrogens (tertiary/aromatic N) is 1. The summed E-state index contributed by atoms with van der Waals surface area (Å²) in [6.07, 6.45) is -1.67. The molecule has 0 radical (unpaired) electrons. The van der Waals surface area contributed by atoms with Crippen molar-refractivity contribution in [1.82, 2.24) is 4.90 Å². The van der Waals surface area contributed by atoms with Gasteiger partial charge in [-0.2, -0.15) is 0 Å². The van der Waals surface area contributed by atoms with E-state index in [1.807, 2.05) is 0 Å². The van der Waals surface area contributed by atoms with Crippen LogP contribution in [0.3, 0.4) is 0 Å². The number of amides is 1. The van der Waals surface area contributed by atoms with E-state index in [1.165, 1.54) is 12.0 Å². The lowest BCUT2D eigenvalue weighted by Gasteiger charge is -2.34. The number of hydrogen-bond acceptors (Lipinski definition) is 4. The fourth-order valence-electron chi connectivity index (χ4n) is 1.79. The molecule has 1 aliphatic heterocycles. The van der Waals surface area contributed by atoms with Gasteiger partial charge in [0.2, 0.25) is 0 Å². The van der Waals surface area contributed by atoms with Gasteiger partial charge in [-0.3, -0.25) is 4.79 Å². The molecule has 0 spiro atoms. The molecule has 0 N–H and O–H groups in total. The Morgan fingerprint density at radius 1 is 1.33 bits per heavy atom. The van der Waals surface area contributed by atoms with Crippen molar-refractivity contribution in [2.75, 3.05) is 20.2 Å². The Hall–Kier alpha value is -1.33. The molecule has 5 nitrogen and oxygen atoms in total. The van der Waals surface area contributed by atoms with Gasteiger partial charge in [-0.25, -0.2) is 9.18 Å². The number of carbonyl (C=O) groups is 2. The third-order valence-electron chi connectivity index (χ3n) is 2.68. The third-order valence-corrected chi connectivity index (χ3v) is 2.68. The Morgan fingerprint density at radius 3 is 2.44 bits per heavy atom. The Kier molecular flexibility index (Phi) is 4.53. The third kappa shape index (κ3) is 3.85. The predicted octanol–water partition coefficient (Wildman–Crippen LogP) is 1.75. The maximum Gasteiger partial charge on any atom is 0.410 e. The monoisotopic (exact) mass is 261 g/mol. The molecular formula is C12H20FNO4. The standard InChI is InChI=1S/C12H20FNO4/c1-12(2,3)18-11(16)14-6-5-9(13)8(7-14)10(15)17-4/h8-9H,5-7H2,1-4H3/t8-,9+/m0/s1. The van der Waals surface area contributed by atoms with Crippen LogP contribution in [0, 0.1) is 5.92 Å². The molecule has 1 aliphatic rings. The van der Waals surface area contributed by atoms with E-state index in [0.29, 0.717) is 0 Å². The molecule has 0 bridgehead atoms. The van der Waals surface area contributed by atoms with Crippen LogP contribution in [-0.2, 0) is 14.3 Å². The number of ether oxygens (including phenoxy) is 2. The molecule has 6 heteroatoms. The first-order valence-corrected chi connectivity index (χ1v) is 5.94. The number of alkyl halides is 1. The highest BCUT2D eigenvalue weighted by Crippen LogP contribution is 2.23. The van der Waals surface area contributed by atoms with E-state index in [9.17, 15) is 14.0 Å². The van der Waals surface area contributed by atoms with Gasteiger partial charge in [-0.1, -0.05) is 0 Å². The van der Waals surface area contributed by atoms with Gasteiger partial charge >= 0.3 is 12.1 Å². The molecule has 1 rings (SSSR count). The van der Waals surface area contributed by atoms with Gasteiger partial charge in [0, 0.05) is 13.1 Å². The van der Waals surface area contributed by atoms with Crippen LogP contribution in [0.2, 0.25) is 0 Å². The maximum absolute atomic E-state index is 13.6. The number of piperidine rings is 1. The Morgan fingerprint density at radius 2 is 1.94 bits per heavy atom. The van der Waals surface area contributed by atoms with Gasteiger partial charge in [-0.15, -0.1) is 0 Å². The molecule has 2 atom stereocenters. The van der Waals surface area contributed by atoms with E-state index >= 15 is 0 Å². The van der Waals surface area contributed by atoms with Crippen molar-refractivity contribution in [1.29, 1.82) is 0 Å². The van der Waals surface area contributed by atoms with Crippen LogP contribution in [0.4, 0.5) is 9.18 Å². The van der Waals surface area contributed by atoms with Crippen molar-refractivity contribution >= 4 is 12.1 Å². The number of esters is 1. The van der Waals surface area contributed by atoms with Crippen LogP contribution in [0.1, 0.15) is 27.2 Å². The molecule has 1 amide bonds. The fourth-order valence-corrected chi connectivity index (χ4v) is 1.79. The first-order chi connectivity index (χ1) is 8.24. The number of hydrogen-bond donors (Lipinski definition) is 0. The van der Waals surface area contributed by atoms with Gasteiger partial charge in [0.05, 0.1) is 7.11 Å². The molecule has 0 aromatic rings. The zero-order valence-electron chi connectivity index (χ0n) is 11.2. The van der Waals surface area contributed by atoms with Crippen LogP contribution in [-0.4, -0.2) is 48.9 Å². The van der Waals surface area contributed by atoms with Gasteiger partial charge in [-0.05, 0) is 27.2 Å². The number of halogens is 1. The molecule has 1 fully saturated rings. The molecule has 18 heavy (non-hydrogen) atoms. The summed E-state index contributed by atoms with van der Waals surface area (Å²) in [6.45, 7) is 5.52. The van der Waals surface area contributed by atoms with Crippen LogP contribution in [0.15, 0.2) is 0 Å². The summed E-state index contributed by atoms with van der Waals surface area (Å²) in [7, 11) is 1.21. The van der Waals surface area contributed by atoms with Crippen molar-refractivity contribution in [3.05, 3.63) is 0 Å². The highest BCUT2D eigenvalue weighted by molar-refractivity contribution is 5.75. The minimum atomic E-state index is -1.27. The van der Waals surface area contributed by atoms with Crippen LogP contribution < -0.4 is 0 Å². The minimum Gasteiger partial charge on any atom is -0.469 e. The Bertz CT molecular complexity index is 327. The van der Waals surface area contributed by atoms with Crippen LogP contribution in [0.5, 0.6) is 0 Å².